The third-order valence-corrected chi connectivity index (χ3v) is 3.60. The van der Waals surface area contributed by atoms with E-state index in [0.29, 0.717) is 5.92 Å². The van der Waals surface area contributed by atoms with E-state index in [9.17, 15) is 14.9 Å². The van der Waals surface area contributed by atoms with Gasteiger partial charge in [-0.1, -0.05) is 26.7 Å². The lowest BCUT2D eigenvalue weighted by Gasteiger charge is -2.22. The first kappa shape index (κ1) is 15.9. The van der Waals surface area contributed by atoms with Crippen LogP contribution in [0.1, 0.15) is 44.0 Å². The number of carbonyl (C=O) groups is 1. The fraction of sp³-hybridized carbons (Fsp3) is 0.500. The molecule has 0 aliphatic carbocycles. The molecule has 6 heteroatoms. The van der Waals surface area contributed by atoms with Gasteiger partial charge in [-0.15, -0.1) is 0 Å². The molecule has 1 aromatic rings. The number of nitrogens with two attached hydrogens (primary N) is 1. The van der Waals surface area contributed by atoms with Gasteiger partial charge in [0.25, 0.3) is 11.6 Å². The zero-order valence-electron chi connectivity index (χ0n) is 12.1. The van der Waals surface area contributed by atoms with Gasteiger partial charge in [0.1, 0.15) is 5.69 Å². The summed E-state index contributed by atoms with van der Waals surface area (Å²) in [5.41, 5.74) is 5.58. The van der Waals surface area contributed by atoms with Crippen molar-refractivity contribution in [1.82, 2.24) is 5.32 Å². The highest BCUT2D eigenvalue weighted by molar-refractivity contribution is 5.95. The average Bonchev–Trinajstić information content (AvgIpc) is 2.40. The minimum Gasteiger partial charge on any atom is -0.393 e. The third kappa shape index (κ3) is 3.69. The van der Waals surface area contributed by atoms with Crippen LogP contribution in [0, 0.1) is 16.0 Å². The second-order valence-corrected chi connectivity index (χ2v) is 4.87. The number of nitro benzene ring substituents is 1. The molecule has 3 N–H and O–H groups in total. The minimum atomic E-state index is -0.587. The number of nitro groups is 1. The van der Waals surface area contributed by atoms with Crippen LogP contribution in [0.5, 0.6) is 0 Å². The van der Waals surface area contributed by atoms with Gasteiger partial charge in [0.2, 0.25) is 0 Å². The average molecular weight is 279 g/mol. The summed E-state index contributed by atoms with van der Waals surface area (Å²) >= 11 is 0. The van der Waals surface area contributed by atoms with Crippen LogP contribution >= 0.6 is 0 Å². The maximum atomic E-state index is 12.1. The van der Waals surface area contributed by atoms with Crippen LogP contribution in [-0.4, -0.2) is 16.9 Å². The zero-order chi connectivity index (χ0) is 15.3. The highest BCUT2D eigenvalue weighted by Crippen LogP contribution is 2.22. The molecule has 0 bridgehead atoms. The molecule has 1 rings (SSSR count). The molecule has 0 heterocycles. The van der Waals surface area contributed by atoms with Crippen molar-refractivity contribution in [3.63, 3.8) is 0 Å². The molecule has 0 aromatic heterocycles. The van der Waals surface area contributed by atoms with E-state index in [-0.39, 0.29) is 28.9 Å². The first-order valence-electron chi connectivity index (χ1n) is 6.75. The van der Waals surface area contributed by atoms with E-state index in [4.69, 9.17) is 5.73 Å². The highest BCUT2D eigenvalue weighted by atomic mass is 16.6. The van der Waals surface area contributed by atoms with Gasteiger partial charge in [0, 0.05) is 17.7 Å². The van der Waals surface area contributed by atoms with Gasteiger partial charge in [-0.2, -0.15) is 0 Å². The second-order valence-electron chi connectivity index (χ2n) is 4.87. The summed E-state index contributed by atoms with van der Waals surface area (Å²) in [5.74, 6) is 0.0789. The Kier molecular flexibility index (Phi) is 5.49. The van der Waals surface area contributed by atoms with Gasteiger partial charge < -0.3 is 11.1 Å². The Labute approximate surface area is 118 Å². The van der Waals surface area contributed by atoms with Gasteiger partial charge in [-0.25, -0.2) is 0 Å². The van der Waals surface area contributed by atoms with E-state index < -0.39 is 4.92 Å². The number of nitrogens with zero attached hydrogens (tertiary/aromatic N) is 1. The van der Waals surface area contributed by atoms with Crippen LogP contribution in [0.3, 0.4) is 0 Å². The summed E-state index contributed by atoms with van der Waals surface area (Å²) in [4.78, 5) is 22.3. The third-order valence-electron chi connectivity index (χ3n) is 3.60. The quantitative estimate of drug-likeness (QED) is 0.475. The maximum absolute atomic E-state index is 12.1. The second kappa shape index (κ2) is 6.88. The van der Waals surface area contributed by atoms with Crippen molar-refractivity contribution >= 4 is 17.3 Å². The van der Waals surface area contributed by atoms with E-state index in [0.717, 1.165) is 12.8 Å². The normalized spacial score (nSPS) is 12.2. The van der Waals surface area contributed by atoms with E-state index in [1.54, 1.807) is 0 Å². The van der Waals surface area contributed by atoms with E-state index in [2.05, 4.69) is 19.2 Å². The van der Waals surface area contributed by atoms with Crippen molar-refractivity contribution < 1.29 is 9.72 Å². The van der Waals surface area contributed by atoms with Crippen LogP contribution in [0.4, 0.5) is 11.4 Å². The number of nitrogens with one attached hydrogen (secondary N) is 1. The number of carbonyl (C=O) groups excluding carboxylic acids is 1. The molecule has 0 saturated carbocycles. The largest absolute Gasteiger partial charge is 0.393 e. The predicted octanol–water partition coefficient (Wildman–Crippen LogP) is 2.73. The Morgan fingerprint density at radius 1 is 1.40 bits per heavy atom. The molecule has 0 aliphatic rings. The standard InChI is InChI=1S/C14H21N3O3/c1-4-10(5-2)9(3)16-14(18)11-6-7-12(15)13(8-11)17(19)20/h6-10H,4-5,15H2,1-3H3,(H,16,18). The van der Waals surface area contributed by atoms with Crippen LogP contribution in [0.15, 0.2) is 18.2 Å². The van der Waals surface area contributed by atoms with E-state index in [1.165, 1.54) is 18.2 Å². The number of hydrogen-bond acceptors (Lipinski definition) is 4. The Bertz CT molecular complexity index is 498. The van der Waals surface area contributed by atoms with Crippen molar-refractivity contribution in [1.29, 1.82) is 0 Å². The minimum absolute atomic E-state index is 0.0223. The molecule has 0 aliphatic heterocycles. The lowest BCUT2D eigenvalue weighted by molar-refractivity contribution is -0.383. The molecule has 0 saturated heterocycles. The van der Waals surface area contributed by atoms with Gasteiger partial charge in [-0.05, 0) is 25.0 Å². The molecule has 110 valence electrons. The fourth-order valence-corrected chi connectivity index (χ4v) is 2.25. The van der Waals surface area contributed by atoms with Crippen LogP contribution in [-0.2, 0) is 0 Å². The van der Waals surface area contributed by atoms with Crippen molar-refractivity contribution in [2.24, 2.45) is 5.92 Å². The molecule has 20 heavy (non-hydrogen) atoms. The monoisotopic (exact) mass is 279 g/mol. The summed E-state index contributed by atoms with van der Waals surface area (Å²) in [6.07, 6.45) is 1.94. The highest BCUT2D eigenvalue weighted by Gasteiger charge is 2.19. The van der Waals surface area contributed by atoms with Crippen molar-refractivity contribution in [3.05, 3.63) is 33.9 Å². The number of amides is 1. The summed E-state index contributed by atoms with van der Waals surface area (Å²) < 4.78 is 0. The Balaban J connectivity index is 2.88. The molecule has 1 atom stereocenters. The van der Waals surface area contributed by atoms with Crippen molar-refractivity contribution in [2.45, 2.75) is 39.7 Å². The topological polar surface area (TPSA) is 98.3 Å². The fourth-order valence-electron chi connectivity index (χ4n) is 2.25. The summed E-state index contributed by atoms with van der Waals surface area (Å²) in [6.45, 7) is 6.09. The van der Waals surface area contributed by atoms with E-state index in [1.807, 2.05) is 6.92 Å². The van der Waals surface area contributed by atoms with Gasteiger partial charge >= 0.3 is 0 Å². The molecular weight excluding hydrogens is 258 g/mol. The predicted molar refractivity (Wildman–Crippen MR) is 78.5 cm³/mol. The molecule has 1 aromatic carbocycles. The molecule has 0 radical (unpaired) electrons. The first-order chi connectivity index (χ1) is 9.40. The Hall–Kier alpha value is -2.11. The lowest BCUT2D eigenvalue weighted by Crippen LogP contribution is -2.37. The number of rotatable bonds is 6. The molecule has 6 nitrogen and oxygen atoms in total. The molecule has 0 fully saturated rings. The van der Waals surface area contributed by atoms with Crippen LogP contribution in [0.2, 0.25) is 0 Å². The van der Waals surface area contributed by atoms with Crippen molar-refractivity contribution in [3.8, 4) is 0 Å². The molecular formula is C14H21N3O3. The summed E-state index contributed by atoms with van der Waals surface area (Å²) in [7, 11) is 0. The van der Waals surface area contributed by atoms with Crippen molar-refractivity contribution in [2.75, 3.05) is 5.73 Å². The summed E-state index contributed by atoms with van der Waals surface area (Å²) in [5, 5.41) is 13.7. The molecule has 0 spiro atoms. The van der Waals surface area contributed by atoms with Gasteiger partial charge in [-0.3, -0.25) is 14.9 Å². The molecule has 1 unspecified atom stereocenters. The maximum Gasteiger partial charge on any atom is 0.292 e. The summed E-state index contributed by atoms with van der Waals surface area (Å²) in [6, 6.07) is 4.12. The lowest BCUT2D eigenvalue weighted by atomic mass is 9.95. The number of nitrogen functional groups attached to an aromatic ring is 1. The molecule has 1 amide bonds. The Morgan fingerprint density at radius 3 is 2.50 bits per heavy atom. The SMILES string of the molecule is CCC(CC)C(C)NC(=O)c1ccc(N)c([N+](=O)[O-])c1. The van der Waals surface area contributed by atoms with Gasteiger partial charge in [0.15, 0.2) is 0 Å². The number of anilines is 1. The smallest absolute Gasteiger partial charge is 0.292 e. The number of hydrogen-bond donors (Lipinski definition) is 2. The van der Waals surface area contributed by atoms with Crippen LogP contribution < -0.4 is 11.1 Å². The van der Waals surface area contributed by atoms with E-state index >= 15 is 0 Å². The number of benzene rings is 1. The zero-order valence-corrected chi connectivity index (χ0v) is 12.1. The van der Waals surface area contributed by atoms with Gasteiger partial charge in [0.05, 0.1) is 4.92 Å². The van der Waals surface area contributed by atoms with Crippen LogP contribution in [0.25, 0.3) is 0 Å². The Morgan fingerprint density at radius 2 is 2.00 bits per heavy atom. The first-order valence-corrected chi connectivity index (χ1v) is 6.75.